The summed E-state index contributed by atoms with van der Waals surface area (Å²) in [5, 5.41) is 7.95. The maximum absolute atomic E-state index is 4.51. The van der Waals surface area contributed by atoms with E-state index < -0.39 is 0 Å². The smallest absolute Gasteiger partial charge is 0.0537 e. The van der Waals surface area contributed by atoms with Gasteiger partial charge in [-0.2, -0.15) is 5.10 Å². The normalized spacial score (nSPS) is 11.7. The van der Waals surface area contributed by atoms with Gasteiger partial charge in [0.15, 0.2) is 0 Å². The van der Waals surface area contributed by atoms with E-state index in [2.05, 4.69) is 49.7 Å². The molecule has 16 heavy (non-hydrogen) atoms. The van der Waals surface area contributed by atoms with Gasteiger partial charge >= 0.3 is 0 Å². The van der Waals surface area contributed by atoms with Crippen molar-refractivity contribution >= 4 is 0 Å². The molecule has 0 aliphatic heterocycles. The van der Waals surface area contributed by atoms with Crippen molar-refractivity contribution in [1.82, 2.24) is 15.1 Å². The van der Waals surface area contributed by atoms with E-state index in [1.54, 1.807) is 0 Å². The summed E-state index contributed by atoms with van der Waals surface area (Å²) >= 11 is 0. The summed E-state index contributed by atoms with van der Waals surface area (Å²) in [6, 6.07) is 1.07. The molecule has 3 nitrogen and oxygen atoms in total. The van der Waals surface area contributed by atoms with Gasteiger partial charge in [0.25, 0.3) is 0 Å². The van der Waals surface area contributed by atoms with Crippen LogP contribution in [0.2, 0.25) is 0 Å². The predicted octanol–water partition coefficient (Wildman–Crippen LogP) is 3.05. The van der Waals surface area contributed by atoms with Crippen LogP contribution in [0.15, 0.2) is 6.20 Å². The molecule has 1 heterocycles. The van der Waals surface area contributed by atoms with Gasteiger partial charge in [-0.25, -0.2) is 0 Å². The standard InChI is InChI=1S/C13H25N3/c1-6-13(7-2)16-11(5)12(9-15-16)8-14-10(3)4/h9-10,13-14H,6-8H2,1-5H3. The Bertz CT molecular complexity index is 311. The molecular formula is C13H25N3. The number of rotatable bonds is 6. The molecule has 1 N–H and O–H groups in total. The molecule has 0 amide bonds. The molecule has 0 unspecified atom stereocenters. The van der Waals surface area contributed by atoms with Crippen LogP contribution in [0.5, 0.6) is 0 Å². The van der Waals surface area contributed by atoms with E-state index in [9.17, 15) is 0 Å². The van der Waals surface area contributed by atoms with Gasteiger partial charge in [-0.1, -0.05) is 27.7 Å². The first kappa shape index (κ1) is 13.2. The highest BCUT2D eigenvalue weighted by Gasteiger charge is 2.12. The number of nitrogens with one attached hydrogen (secondary N) is 1. The second kappa shape index (κ2) is 6.04. The lowest BCUT2D eigenvalue weighted by Gasteiger charge is -2.15. The van der Waals surface area contributed by atoms with Crippen molar-refractivity contribution in [3.8, 4) is 0 Å². The summed E-state index contributed by atoms with van der Waals surface area (Å²) in [5.41, 5.74) is 2.63. The molecule has 0 saturated heterocycles. The average Bonchev–Trinajstić information content (AvgIpc) is 2.60. The highest BCUT2D eigenvalue weighted by molar-refractivity contribution is 5.16. The maximum atomic E-state index is 4.51. The van der Waals surface area contributed by atoms with Crippen molar-refractivity contribution in [2.45, 2.75) is 66.1 Å². The van der Waals surface area contributed by atoms with Crippen LogP contribution < -0.4 is 5.32 Å². The molecule has 92 valence electrons. The summed E-state index contributed by atoms with van der Waals surface area (Å²) < 4.78 is 2.18. The molecule has 0 radical (unpaired) electrons. The minimum absolute atomic E-state index is 0.524. The van der Waals surface area contributed by atoms with Gasteiger partial charge < -0.3 is 5.32 Å². The monoisotopic (exact) mass is 223 g/mol. The van der Waals surface area contributed by atoms with Crippen LogP contribution in [0.1, 0.15) is 57.8 Å². The van der Waals surface area contributed by atoms with Crippen molar-refractivity contribution in [2.75, 3.05) is 0 Å². The highest BCUT2D eigenvalue weighted by atomic mass is 15.3. The van der Waals surface area contributed by atoms with E-state index in [0.717, 1.165) is 19.4 Å². The lowest BCUT2D eigenvalue weighted by Crippen LogP contribution is -2.22. The quantitative estimate of drug-likeness (QED) is 0.803. The van der Waals surface area contributed by atoms with Gasteiger partial charge in [0.05, 0.1) is 12.2 Å². The van der Waals surface area contributed by atoms with Gasteiger partial charge in [0, 0.05) is 23.8 Å². The van der Waals surface area contributed by atoms with Crippen LogP contribution in [0, 0.1) is 6.92 Å². The van der Waals surface area contributed by atoms with Crippen molar-refractivity contribution in [2.24, 2.45) is 0 Å². The van der Waals surface area contributed by atoms with Crippen molar-refractivity contribution < 1.29 is 0 Å². The van der Waals surface area contributed by atoms with Crippen LogP contribution >= 0.6 is 0 Å². The van der Waals surface area contributed by atoms with Crippen LogP contribution in [0.25, 0.3) is 0 Å². The molecule has 1 aromatic heterocycles. The topological polar surface area (TPSA) is 29.9 Å². The van der Waals surface area contributed by atoms with Gasteiger partial charge in [-0.15, -0.1) is 0 Å². The van der Waals surface area contributed by atoms with Crippen molar-refractivity contribution in [3.05, 3.63) is 17.5 Å². The summed E-state index contributed by atoms with van der Waals surface area (Å²) in [4.78, 5) is 0. The number of hydrogen-bond acceptors (Lipinski definition) is 2. The van der Waals surface area contributed by atoms with Gasteiger partial charge in [0.1, 0.15) is 0 Å². The molecule has 0 fully saturated rings. The fourth-order valence-electron chi connectivity index (χ4n) is 1.95. The van der Waals surface area contributed by atoms with Gasteiger partial charge in [-0.05, 0) is 19.8 Å². The van der Waals surface area contributed by atoms with Crippen molar-refractivity contribution in [3.63, 3.8) is 0 Å². The molecule has 1 aromatic rings. The number of nitrogens with zero attached hydrogens (tertiary/aromatic N) is 2. The third-order valence-corrected chi connectivity index (χ3v) is 3.14. The number of aromatic nitrogens is 2. The lowest BCUT2D eigenvalue weighted by atomic mass is 10.1. The fraction of sp³-hybridized carbons (Fsp3) is 0.769. The Balaban J connectivity index is 2.75. The van der Waals surface area contributed by atoms with Crippen molar-refractivity contribution in [1.29, 1.82) is 0 Å². The summed E-state index contributed by atoms with van der Waals surface area (Å²) in [6.07, 6.45) is 4.30. The molecule has 0 aliphatic rings. The molecule has 0 bridgehead atoms. The van der Waals surface area contributed by atoms with E-state index in [1.807, 2.05) is 6.20 Å². The third kappa shape index (κ3) is 3.08. The summed E-state index contributed by atoms with van der Waals surface area (Å²) in [7, 11) is 0. The minimum atomic E-state index is 0.524. The Morgan fingerprint density at radius 2 is 1.94 bits per heavy atom. The maximum Gasteiger partial charge on any atom is 0.0537 e. The second-order valence-corrected chi connectivity index (χ2v) is 4.71. The van der Waals surface area contributed by atoms with E-state index in [0.29, 0.717) is 12.1 Å². The average molecular weight is 223 g/mol. The molecule has 3 heteroatoms. The lowest BCUT2D eigenvalue weighted by molar-refractivity contribution is 0.419. The fourth-order valence-corrected chi connectivity index (χ4v) is 1.95. The first-order valence-corrected chi connectivity index (χ1v) is 6.36. The zero-order valence-corrected chi connectivity index (χ0v) is 11.2. The zero-order valence-electron chi connectivity index (χ0n) is 11.2. The third-order valence-electron chi connectivity index (χ3n) is 3.14. The van der Waals surface area contributed by atoms with E-state index >= 15 is 0 Å². The predicted molar refractivity (Wildman–Crippen MR) is 68.6 cm³/mol. The van der Waals surface area contributed by atoms with E-state index in [-0.39, 0.29) is 0 Å². The Morgan fingerprint density at radius 3 is 2.44 bits per heavy atom. The molecule has 0 atom stereocenters. The SMILES string of the molecule is CCC(CC)n1ncc(CNC(C)C)c1C. The van der Waals surface area contributed by atoms with Crippen LogP contribution in [-0.2, 0) is 6.54 Å². The first-order chi connectivity index (χ1) is 7.60. The Labute approximate surface area is 99.2 Å². The largest absolute Gasteiger partial charge is 0.310 e. The van der Waals surface area contributed by atoms with Crippen LogP contribution in [0.4, 0.5) is 0 Å². The first-order valence-electron chi connectivity index (χ1n) is 6.36. The minimum Gasteiger partial charge on any atom is -0.310 e. The molecule has 0 aliphatic carbocycles. The van der Waals surface area contributed by atoms with Crippen LogP contribution in [-0.4, -0.2) is 15.8 Å². The second-order valence-electron chi connectivity index (χ2n) is 4.71. The van der Waals surface area contributed by atoms with Gasteiger partial charge in [-0.3, -0.25) is 4.68 Å². The molecule has 0 aromatic carbocycles. The zero-order chi connectivity index (χ0) is 12.1. The summed E-state index contributed by atoms with van der Waals surface area (Å²) in [5.74, 6) is 0. The number of hydrogen-bond donors (Lipinski definition) is 1. The summed E-state index contributed by atoms with van der Waals surface area (Å²) in [6.45, 7) is 11.9. The molecule has 0 spiro atoms. The molecule has 1 rings (SSSR count). The molecule has 0 saturated carbocycles. The Morgan fingerprint density at radius 1 is 1.31 bits per heavy atom. The molecular weight excluding hydrogens is 198 g/mol. The Hall–Kier alpha value is -0.830. The van der Waals surface area contributed by atoms with E-state index in [1.165, 1.54) is 11.3 Å². The highest BCUT2D eigenvalue weighted by Crippen LogP contribution is 2.19. The van der Waals surface area contributed by atoms with Gasteiger partial charge in [0.2, 0.25) is 0 Å². The Kier molecular flexibility index (Phi) is 5.00. The van der Waals surface area contributed by atoms with E-state index in [4.69, 9.17) is 0 Å². The van der Waals surface area contributed by atoms with Crippen LogP contribution in [0.3, 0.4) is 0 Å².